The van der Waals surface area contributed by atoms with Crippen LogP contribution in [0.15, 0.2) is 30.3 Å². The van der Waals surface area contributed by atoms with Gasteiger partial charge in [0.2, 0.25) is 5.91 Å². The molecule has 1 heterocycles. The largest absolute Gasteiger partial charge is 0.354 e. The predicted molar refractivity (Wildman–Crippen MR) is 81.5 cm³/mol. The molecule has 110 valence electrons. The van der Waals surface area contributed by atoms with Crippen LogP contribution in [0.5, 0.6) is 0 Å². The molecule has 20 heavy (non-hydrogen) atoms. The van der Waals surface area contributed by atoms with Gasteiger partial charge in [-0.05, 0) is 39.0 Å². The van der Waals surface area contributed by atoms with E-state index >= 15 is 0 Å². The van der Waals surface area contributed by atoms with Crippen LogP contribution in [-0.4, -0.2) is 44.5 Å². The zero-order chi connectivity index (χ0) is 14.4. The summed E-state index contributed by atoms with van der Waals surface area (Å²) in [4.78, 5) is 14.3. The van der Waals surface area contributed by atoms with E-state index in [1.165, 1.54) is 5.56 Å². The lowest BCUT2D eigenvalue weighted by molar-refractivity contribution is -0.125. The van der Waals surface area contributed by atoms with Gasteiger partial charge in [-0.25, -0.2) is 0 Å². The van der Waals surface area contributed by atoms with Crippen LogP contribution in [0, 0.1) is 5.92 Å². The number of rotatable bonds is 5. The number of carbonyl (C=O) groups is 1. The van der Waals surface area contributed by atoms with E-state index in [0.29, 0.717) is 6.54 Å². The summed E-state index contributed by atoms with van der Waals surface area (Å²) in [5, 5.41) is 6.40. The van der Waals surface area contributed by atoms with Crippen molar-refractivity contribution in [2.75, 3.05) is 33.7 Å². The van der Waals surface area contributed by atoms with E-state index in [9.17, 15) is 4.79 Å². The average molecular weight is 275 g/mol. The summed E-state index contributed by atoms with van der Waals surface area (Å²) in [6, 6.07) is 10.5. The van der Waals surface area contributed by atoms with E-state index in [-0.39, 0.29) is 17.9 Å². The van der Waals surface area contributed by atoms with Gasteiger partial charge in [-0.1, -0.05) is 30.3 Å². The predicted octanol–water partition coefficient (Wildman–Crippen LogP) is 1.41. The molecule has 1 aromatic rings. The highest BCUT2D eigenvalue weighted by molar-refractivity contribution is 5.79. The molecule has 1 saturated heterocycles. The van der Waals surface area contributed by atoms with Gasteiger partial charge in [0.1, 0.15) is 0 Å². The van der Waals surface area contributed by atoms with Crippen molar-refractivity contribution in [2.24, 2.45) is 5.92 Å². The Morgan fingerprint density at radius 2 is 2.15 bits per heavy atom. The Hall–Kier alpha value is -1.39. The Balaban J connectivity index is 1.91. The van der Waals surface area contributed by atoms with Gasteiger partial charge >= 0.3 is 0 Å². The Morgan fingerprint density at radius 1 is 1.40 bits per heavy atom. The van der Waals surface area contributed by atoms with E-state index < -0.39 is 0 Å². The van der Waals surface area contributed by atoms with E-state index in [0.717, 1.165) is 25.9 Å². The highest BCUT2D eigenvalue weighted by atomic mass is 16.1. The van der Waals surface area contributed by atoms with Crippen molar-refractivity contribution in [1.82, 2.24) is 15.5 Å². The van der Waals surface area contributed by atoms with Gasteiger partial charge in [-0.3, -0.25) is 4.79 Å². The van der Waals surface area contributed by atoms with Crippen molar-refractivity contribution in [2.45, 2.75) is 18.9 Å². The maximum atomic E-state index is 12.2. The Kier molecular flexibility index (Phi) is 5.56. The highest BCUT2D eigenvalue weighted by Crippen LogP contribution is 2.17. The molecule has 1 amide bonds. The summed E-state index contributed by atoms with van der Waals surface area (Å²) >= 11 is 0. The number of benzene rings is 1. The minimum Gasteiger partial charge on any atom is -0.354 e. The zero-order valence-electron chi connectivity index (χ0n) is 12.4. The van der Waals surface area contributed by atoms with Crippen LogP contribution in [0.25, 0.3) is 0 Å². The van der Waals surface area contributed by atoms with E-state index in [4.69, 9.17) is 0 Å². The van der Waals surface area contributed by atoms with Gasteiger partial charge in [0.25, 0.3) is 0 Å². The molecule has 0 saturated carbocycles. The van der Waals surface area contributed by atoms with Crippen LogP contribution in [0.1, 0.15) is 24.4 Å². The fourth-order valence-corrected chi connectivity index (χ4v) is 2.69. The summed E-state index contributed by atoms with van der Waals surface area (Å²) in [5.41, 5.74) is 1.24. The molecular weight excluding hydrogens is 250 g/mol. The first-order chi connectivity index (χ1) is 9.68. The molecular formula is C16H25N3O. The fraction of sp³-hybridized carbons (Fsp3) is 0.562. The second-order valence-electron chi connectivity index (χ2n) is 5.68. The summed E-state index contributed by atoms with van der Waals surface area (Å²) in [6.07, 6.45) is 2.09. The molecule has 1 unspecified atom stereocenters. The number of nitrogens with zero attached hydrogens (tertiary/aromatic N) is 1. The fourth-order valence-electron chi connectivity index (χ4n) is 2.69. The monoisotopic (exact) mass is 275 g/mol. The molecule has 2 rings (SSSR count). The van der Waals surface area contributed by atoms with Crippen LogP contribution < -0.4 is 10.6 Å². The minimum absolute atomic E-state index is 0.127. The van der Waals surface area contributed by atoms with E-state index in [2.05, 4.69) is 27.7 Å². The molecule has 1 aliphatic heterocycles. The zero-order valence-corrected chi connectivity index (χ0v) is 12.4. The summed E-state index contributed by atoms with van der Waals surface area (Å²) in [5.74, 6) is 0.308. The molecule has 2 atom stereocenters. The minimum atomic E-state index is 0.127. The van der Waals surface area contributed by atoms with Gasteiger partial charge in [0.15, 0.2) is 0 Å². The Morgan fingerprint density at radius 3 is 2.75 bits per heavy atom. The van der Waals surface area contributed by atoms with Crippen molar-refractivity contribution in [3.63, 3.8) is 0 Å². The molecule has 1 aromatic carbocycles. The summed E-state index contributed by atoms with van der Waals surface area (Å²) in [6.45, 7) is 2.50. The highest BCUT2D eigenvalue weighted by Gasteiger charge is 2.22. The van der Waals surface area contributed by atoms with Gasteiger partial charge in [0.05, 0.1) is 12.0 Å². The number of nitrogens with one attached hydrogen (secondary N) is 2. The molecule has 0 aliphatic carbocycles. The van der Waals surface area contributed by atoms with Crippen LogP contribution in [0.3, 0.4) is 0 Å². The number of amides is 1. The number of carbonyl (C=O) groups excluding carboxylic acids is 1. The summed E-state index contributed by atoms with van der Waals surface area (Å²) < 4.78 is 0. The quantitative estimate of drug-likeness (QED) is 0.854. The number of hydrogen-bond acceptors (Lipinski definition) is 3. The van der Waals surface area contributed by atoms with Crippen molar-refractivity contribution in [3.05, 3.63) is 35.9 Å². The van der Waals surface area contributed by atoms with Crippen molar-refractivity contribution < 1.29 is 4.79 Å². The average Bonchev–Trinajstić information content (AvgIpc) is 2.49. The second kappa shape index (κ2) is 7.41. The molecule has 4 heteroatoms. The van der Waals surface area contributed by atoms with Gasteiger partial charge in [-0.15, -0.1) is 0 Å². The first-order valence-corrected chi connectivity index (χ1v) is 7.38. The van der Waals surface area contributed by atoms with E-state index in [1.54, 1.807) is 0 Å². The lowest BCUT2D eigenvalue weighted by Crippen LogP contribution is -2.43. The summed E-state index contributed by atoms with van der Waals surface area (Å²) in [7, 11) is 4.10. The molecule has 1 fully saturated rings. The molecule has 0 bridgehead atoms. The molecule has 0 aromatic heterocycles. The molecule has 1 aliphatic rings. The lowest BCUT2D eigenvalue weighted by Gasteiger charge is -2.27. The van der Waals surface area contributed by atoms with Gasteiger partial charge in [-0.2, -0.15) is 0 Å². The third kappa shape index (κ3) is 4.05. The Bertz CT molecular complexity index is 413. The van der Waals surface area contributed by atoms with E-state index in [1.807, 2.05) is 32.3 Å². The lowest BCUT2D eigenvalue weighted by atomic mass is 9.98. The number of hydrogen-bond donors (Lipinski definition) is 2. The van der Waals surface area contributed by atoms with Crippen molar-refractivity contribution in [3.8, 4) is 0 Å². The third-order valence-corrected chi connectivity index (χ3v) is 3.95. The third-order valence-electron chi connectivity index (χ3n) is 3.95. The maximum absolute atomic E-state index is 12.2. The maximum Gasteiger partial charge on any atom is 0.224 e. The first kappa shape index (κ1) is 15.0. The smallest absolute Gasteiger partial charge is 0.224 e. The van der Waals surface area contributed by atoms with Crippen LogP contribution in [0.2, 0.25) is 0 Å². The number of piperidine rings is 1. The second-order valence-corrected chi connectivity index (χ2v) is 5.68. The van der Waals surface area contributed by atoms with Crippen molar-refractivity contribution in [1.29, 1.82) is 0 Å². The first-order valence-electron chi connectivity index (χ1n) is 7.38. The van der Waals surface area contributed by atoms with Crippen LogP contribution in [-0.2, 0) is 4.79 Å². The van der Waals surface area contributed by atoms with Gasteiger partial charge < -0.3 is 15.5 Å². The standard InChI is InChI=1S/C16H25N3O/c1-19(2)15(13-7-4-3-5-8-13)12-18-16(20)14-9-6-10-17-11-14/h3-5,7-8,14-15,17H,6,9-12H2,1-2H3,(H,18,20)/t14-,15?/m1/s1. The molecule has 2 N–H and O–H groups in total. The molecule has 4 nitrogen and oxygen atoms in total. The molecule has 0 radical (unpaired) electrons. The normalized spacial score (nSPS) is 20.6. The van der Waals surface area contributed by atoms with Gasteiger partial charge in [0, 0.05) is 13.1 Å². The number of likely N-dealkylation sites (N-methyl/N-ethyl adjacent to an activating group) is 1. The van der Waals surface area contributed by atoms with Crippen LogP contribution >= 0.6 is 0 Å². The Labute approximate surface area is 121 Å². The molecule has 0 spiro atoms. The van der Waals surface area contributed by atoms with Crippen molar-refractivity contribution >= 4 is 5.91 Å². The topological polar surface area (TPSA) is 44.4 Å². The van der Waals surface area contributed by atoms with Crippen LogP contribution in [0.4, 0.5) is 0 Å². The SMILES string of the molecule is CN(C)C(CNC(=O)[C@@H]1CCCNC1)c1ccccc1.